The van der Waals surface area contributed by atoms with Gasteiger partial charge < -0.3 is 20.7 Å². The molecule has 0 radical (unpaired) electrons. The average Bonchev–Trinajstić information content (AvgIpc) is 2.61. The van der Waals surface area contributed by atoms with Crippen LogP contribution in [0.15, 0.2) is 48.5 Å². The van der Waals surface area contributed by atoms with E-state index in [2.05, 4.69) is 16.0 Å². The largest absolute Gasteiger partial charge is 0.494 e. The maximum atomic E-state index is 11.9. The first-order valence-corrected chi connectivity index (χ1v) is 8.16. The molecule has 2 aromatic carbocycles. The number of carbonyl (C=O) groups is 3. The molecule has 7 nitrogen and oxygen atoms in total. The molecule has 26 heavy (non-hydrogen) atoms. The van der Waals surface area contributed by atoms with Crippen molar-refractivity contribution in [2.24, 2.45) is 0 Å². The number of aryl methyl sites for hydroxylation is 1. The van der Waals surface area contributed by atoms with Crippen molar-refractivity contribution in [3.63, 3.8) is 0 Å². The van der Waals surface area contributed by atoms with E-state index in [0.29, 0.717) is 23.7 Å². The molecule has 3 amide bonds. The van der Waals surface area contributed by atoms with Gasteiger partial charge in [0.05, 0.1) is 13.2 Å². The first-order valence-electron chi connectivity index (χ1n) is 8.16. The molecule has 2 aromatic rings. The van der Waals surface area contributed by atoms with E-state index in [1.807, 2.05) is 19.9 Å². The van der Waals surface area contributed by atoms with Crippen LogP contribution in [-0.2, 0) is 14.4 Å². The van der Waals surface area contributed by atoms with Crippen LogP contribution in [0.1, 0.15) is 12.5 Å². The van der Waals surface area contributed by atoms with Crippen LogP contribution < -0.4 is 20.7 Å². The highest BCUT2D eigenvalue weighted by Crippen LogP contribution is 2.15. The molecule has 2 rings (SSSR count). The summed E-state index contributed by atoms with van der Waals surface area (Å²) < 4.78 is 5.31. The SMILES string of the molecule is CCOc1ccc(NC(=O)CNC(=O)C(=O)Nc2cccc(C)c2)cc1. The lowest BCUT2D eigenvalue weighted by Crippen LogP contribution is -2.39. The fourth-order valence-electron chi connectivity index (χ4n) is 2.16. The van der Waals surface area contributed by atoms with Crippen LogP contribution >= 0.6 is 0 Å². The van der Waals surface area contributed by atoms with E-state index in [4.69, 9.17) is 4.74 Å². The number of rotatable bonds is 6. The number of anilines is 2. The van der Waals surface area contributed by atoms with Gasteiger partial charge in [-0.05, 0) is 55.8 Å². The maximum Gasteiger partial charge on any atom is 0.313 e. The van der Waals surface area contributed by atoms with Crippen molar-refractivity contribution in [2.45, 2.75) is 13.8 Å². The number of hydrogen-bond donors (Lipinski definition) is 3. The van der Waals surface area contributed by atoms with Gasteiger partial charge in [0.25, 0.3) is 0 Å². The minimum atomic E-state index is -0.881. The number of carbonyl (C=O) groups excluding carboxylic acids is 3. The molecule has 0 atom stereocenters. The Morgan fingerprint density at radius 1 is 0.923 bits per heavy atom. The van der Waals surface area contributed by atoms with E-state index in [1.54, 1.807) is 42.5 Å². The quantitative estimate of drug-likeness (QED) is 0.691. The monoisotopic (exact) mass is 355 g/mol. The summed E-state index contributed by atoms with van der Waals surface area (Å²) >= 11 is 0. The Kier molecular flexibility index (Phi) is 6.73. The smallest absolute Gasteiger partial charge is 0.313 e. The van der Waals surface area contributed by atoms with Crippen molar-refractivity contribution >= 4 is 29.1 Å². The van der Waals surface area contributed by atoms with Gasteiger partial charge in [-0.25, -0.2) is 0 Å². The highest BCUT2D eigenvalue weighted by molar-refractivity contribution is 6.39. The van der Waals surface area contributed by atoms with Crippen LogP contribution in [0.5, 0.6) is 5.75 Å². The van der Waals surface area contributed by atoms with E-state index < -0.39 is 17.7 Å². The third-order valence-electron chi connectivity index (χ3n) is 3.34. The average molecular weight is 355 g/mol. The molecule has 0 aliphatic carbocycles. The summed E-state index contributed by atoms with van der Waals surface area (Å²) in [5.74, 6) is -1.45. The first kappa shape index (κ1) is 19.0. The van der Waals surface area contributed by atoms with Crippen molar-refractivity contribution in [3.05, 3.63) is 54.1 Å². The molecule has 0 aliphatic heterocycles. The molecule has 0 bridgehead atoms. The topological polar surface area (TPSA) is 96.5 Å². The first-order chi connectivity index (χ1) is 12.5. The maximum absolute atomic E-state index is 11.9. The Balaban J connectivity index is 1.78. The molecule has 136 valence electrons. The third kappa shape index (κ3) is 5.94. The molecule has 0 heterocycles. The van der Waals surface area contributed by atoms with Gasteiger partial charge in [-0.1, -0.05) is 12.1 Å². The summed E-state index contributed by atoms with van der Waals surface area (Å²) in [5, 5.41) is 7.38. The van der Waals surface area contributed by atoms with Crippen molar-refractivity contribution in [2.75, 3.05) is 23.8 Å². The minimum Gasteiger partial charge on any atom is -0.494 e. The zero-order valence-corrected chi connectivity index (χ0v) is 14.7. The van der Waals surface area contributed by atoms with Crippen molar-refractivity contribution < 1.29 is 19.1 Å². The number of benzene rings is 2. The van der Waals surface area contributed by atoms with Gasteiger partial charge in [0, 0.05) is 11.4 Å². The standard InChI is InChI=1S/C19H21N3O4/c1-3-26-16-9-7-14(8-10-16)21-17(23)12-20-18(24)19(25)22-15-6-4-5-13(2)11-15/h4-11H,3,12H2,1-2H3,(H,20,24)(H,21,23)(H,22,25). The highest BCUT2D eigenvalue weighted by atomic mass is 16.5. The molecule has 0 unspecified atom stereocenters. The van der Waals surface area contributed by atoms with Crippen LogP contribution in [0.25, 0.3) is 0 Å². The molecule has 0 aromatic heterocycles. The molecule has 0 fully saturated rings. The van der Waals surface area contributed by atoms with Crippen molar-refractivity contribution in [1.82, 2.24) is 5.32 Å². The van der Waals surface area contributed by atoms with E-state index in [0.717, 1.165) is 5.56 Å². The Morgan fingerprint density at radius 3 is 2.31 bits per heavy atom. The molecule has 3 N–H and O–H groups in total. The Labute approximate surface area is 151 Å². The van der Waals surface area contributed by atoms with Gasteiger partial charge >= 0.3 is 11.8 Å². The van der Waals surface area contributed by atoms with Gasteiger partial charge in [0.15, 0.2) is 0 Å². The minimum absolute atomic E-state index is 0.312. The summed E-state index contributed by atoms with van der Waals surface area (Å²) in [6.07, 6.45) is 0. The van der Waals surface area contributed by atoms with Crippen molar-refractivity contribution in [3.8, 4) is 5.75 Å². The summed E-state index contributed by atoms with van der Waals surface area (Å²) in [4.78, 5) is 35.5. The fraction of sp³-hybridized carbons (Fsp3) is 0.211. The summed E-state index contributed by atoms with van der Waals surface area (Å²) in [6.45, 7) is 4.00. The molecule has 0 saturated heterocycles. The van der Waals surface area contributed by atoms with E-state index >= 15 is 0 Å². The van der Waals surface area contributed by atoms with E-state index in [-0.39, 0.29) is 6.54 Å². The van der Waals surface area contributed by atoms with Gasteiger partial charge in [-0.15, -0.1) is 0 Å². The van der Waals surface area contributed by atoms with Gasteiger partial charge in [-0.2, -0.15) is 0 Å². The second-order valence-corrected chi connectivity index (χ2v) is 5.51. The zero-order chi connectivity index (χ0) is 18.9. The normalized spacial score (nSPS) is 9.92. The van der Waals surface area contributed by atoms with Crippen molar-refractivity contribution in [1.29, 1.82) is 0 Å². The Bertz CT molecular complexity index is 788. The van der Waals surface area contributed by atoms with Gasteiger partial charge in [-0.3, -0.25) is 14.4 Å². The predicted octanol–water partition coefficient (Wildman–Crippen LogP) is 2.09. The van der Waals surface area contributed by atoms with Crippen LogP contribution in [0.3, 0.4) is 0 Å². The molecule has 0 aliphatic rings. The second-order valence-electron chi connectivity index (χ2n) is 5.51. The van der Waals surface area contributed by atoms with Crippen LogP contribution in [0.2, 0.25) is 0 Å². The lowest BCUT2D eigenvalue weighted by atomic mass is 10.2. The molecular formula is C19H21N3O4. The Morgan fingerprint density at radius 2 is 1.65 bits per heavy atom. The Hall–Kier alpha value is -3.35. The lowest BCUT2D eigenvalue weighted by molar-refractivity contribution is -0.136. The second kappa shape index (κ2) is 9.22. The molecular weight excluding hydrogens is 334 g/mol. The molecule has 0 saturated carbocycles. The molecule has 0 spiro atoms. The number of ether oxygens (including phenoxy) is 1. The van der Waals surface area contributed by atoms with E-state index in [1.165, 1.54) is 0 Å². The number of nitrogens with one attached hydrogen (secondary N) is 3. The summed E-state index contributed by atoms with van der Waals surface area (Å²) in [5.41, 5.74) is 2.04. The summed E-state index contributed by atoms with van der Waals surface area (Å²) in [6, 6.07) is 13.9. The lowest BCUT2D eigenvalue weighted by Gasteiger charge is -2.09. The van der Waals surface area contributed by atoms with Crippen LogP contribution in [0.4, 0.5) is 11.4 Å². The summed E-state index contributed by atoms with van der Waals surface area (Å²) in [7, 11) is 0. The van der Waals surface area contributed by atoms with E-state index in [9.17, 15) is 14.4 Å². The fourth-order valence-corrected chi connectivity index (χ4v) is 2.16. The zero-order valence-electron chi connectivity index (χ0n) is 14.7. The van der Waals surface area contributed by atoms with Gasteiger partial charge in [0.2, 0.25) is 5.91 Å². The number of amides is 3. The third-order valence-corrected chi connectivity index (χ3v) is 3.34. The predicted molar refractivity (Wildman–Crippen MR) is 99.1 cm³/mol. The van der Waals surface area contributed by atoms with Crippen LogP contribution in [0, 0.1) is 6.92 Å². The highest BCUT2D eigenvalue weighted by Gasteiger charge is 2.15. The van der Waals surface area contributed by atoms with Crippen LogP contribution in [-0.4, -0.2) is 30.9 Å². The number of hydrogen-bond acceptors (Lipinski definition) is 4. The van der Waals surface area contributed by atoms with Gasteiger partial charge in [0.1, 0.15) is 5.75 Å². The molecule has 7 heteroatoms.